The van der Waals surface area contributed by atoms with Crippen LogP contribution < -0.4 is 5.32 Å². The fourth-order valence-electron chi connectivity index (χ4n) is 9.09. The molecule has 4 aliphatic carbocycles. The highest BCUT2D eigenvalue weighted by Gasteiger charge is 2.60. The maximum atomic E-state index is 10.3. The van der Waals surface area contributed by atoms with E-state index < -0.39 is 0 Å². The third-order valence-electron chi connectivity index (χ3n) is 10.9. The standard InChI is InChI=1S/C27H41NO2/c1-15-11-24-25(28-14-15)17(3)27(30-24)10-8-20-21-6-5-18-12-19(29)7-9-26(18,4)23(21)13-22(20)16(27)2/h5,15,17,19-21,23-25,28-29H,6-14H2,1-4H3/t15?,17-,19+,20+,21?,23?,24?,25+,26+,27+/m1/s1. The first-order valence-corrected chi connectivity index (χ1v) is 12.8. The number of fused-ring (bicyclic) bond motifs is 6. The summed E-state index contributed by atoms with van der Waals surface area (Å²) in [6.45, 7) is 10.9. The minimum absolute atomic E-state index is 0.0222. The van der Waals surface area contributed by atoms with Crippen molar-refractivity contribution < 1.29 is 9.84 Å². The number of piperidine rings is 1. The number of aliphatic hydroxyl groups is 1. The van der Waals surface area contributed by atoms with Gasteiger partial charge in [-0.05, 0) is 99.5 Å². The second kappa shape index (κ2) is 6.68. The normalized spacial score (nSPS) is 55.0. The van der Waals surface area contributed by atoms with Crippen molar-refractivity contribution >= 4 is 0 Å². The Labute approximate surface area is 182 Å². The highest BCUT2D eigenvalue weighted by atomic mass is 16.5. The number of ether oxygens (including phenoxy) is 1. The van der Waals surface area contributed by atoms with Gasteiger partial charge in [0.2, 0.25) is 0 Å². The third-order valence-corrected chi connectivity index (χ3v) is 10.9. The van der Waals surface area contributed by atoms with Crippen LogP contribution in [0.15, 0.2) is 22.8 Å². The van der Waals surface area contributed by atoms with E-state index in [9.17, 15) is 5.11 Å². The molecule has 0 amide bonds. The smallest absolute Gasteiger partial charge is 0.0937 e. The molecule has 0 aromatic carbocycles. The molecule has 0 bridgehead atoms. The maximum absolute atomic E-state index is 10.3. The van der Waals surface area contributed by atoms with E-state index in [0.29, 0.717) is 23.5 Å². The highest BCUT2D eigenvalue weighted by molar-refractivity contribution is 5.38. The number of hydrogen-bond donors (Lipinski definition) is 2. The van der Waals surface area contributed by atoms with Crippen molar-refractivity contribution in [2.24, 2.45) is 35.0 Å². The molecule has 2 heterocycles. The van der Waals surface area contributed by atoms with Crippen LogP contribution in [0.3, 0.4) is 0 Å². The molecular weight excluding hydrogens is 370 g/mol. The van der Waals surface area contributed by atoms with E-state index in [1.165, 1.54) is 38.5 Å². The molecule has 2 aliphatic heterocycles. The summed E-state index contributed by atoms with van der Waals surface area (Å²) in [7, 11) is 0. The van der Waals surface area contributed by atoms with Crippen molar-refractivity contribution in [2.45, 2.75) is 103 Å². The van der Waals surface area contributed by atoms with Gasteiger partial charge in [-0.3, -0.25) is 0 Å². The number of aliphatic hydroxyl groups excluding tert-OH is 1. The zero-order valence-corrected chi connectivity index (χ0v) is 19.4. The van der Waals surface area contributed by atoms with Crippen LogP contribution >= 0.6 is 0 Å². The molecule has 6 aliphatic rings. The van der Waals surface area contributed by atoms with Gasteiger partial charge < -0.3 is 15.2 Å². The molecule has 0 aromatic rings. The summed E-state index contributed by atoms with van der Waals surface area (Å²) in [6, 6.07) is 0.530. The Morgan fingerprint density at radius 3 is 2.83 bits per heavy atom. The molecule has 6 rings (SSSR count). The van der Waals surface area contributed by atoms with E-state index in [2.05, 4.69) is 39.1 Å². The van der Waals surface area contributed by atoms with E-state index in [4.69, 9.17) is 4.74 Å². The van der Waals surface area contributed by atoms with E-state index in [1.807, 2.05) is 0 Å². The zero-order valence-electron chi connectivity index (χ0n) is 19.4. The van der Waals surface area contributed by atoms with E-state index in [-0.39, 0.29) is 11.7 Å². The summed E-state index contributed by atoms with van der Waals surface area (Å²) in [5.41, 5.74) is 5.25. The average Bonchev–Trinajstić information content (AvgIpc) is 3.23. The van der Waals surface area contributed by atoms with Crippen LogP contribution in [0.25, 0.3) is 0 Å². The Hall–Kier alpha value is -0.640. The molecule has 2 N–H and O–H groups in total. The van der Waals surface area contributed by atoms with Crippen molar-refractivity contribution in [3.63, 3.8) is 0 Å². The summed E-state index contributed by atoms with van der Waals surface area (Å²) in [6.07, 6.45) is 12.2. The van der Waals surface area contributed by atoms with Crippen LogP contribution in [0, 0.1) is 35.0 Å². The highest BCUT2D eigenvalue weighted by Crippen LogP contribution is 2.65. The first-order chi connectivity index (χ1) is 14.3. The molecule has 166 valence electrons. The van der Waals surface area contributed by atoms with Gasteiger partial charge in [0, 0.05) is 12.0 Å². The Kier molecular flexibility index (Phi) is 4.46. The van der Waals surface area contributed by atoms with Crippen molar-refractivity contribution in [3.8, 4) is 0 Å². The number of hydrogen-bond acceptors (Lipinski definition) is 3. The first-order valence-electron chi connectivity index (χ1n) is 12.8. The largest absolute Gasteiger partial charge is 0.393 e. The fraction of sp³-hybridized carbons (Fsp3) is 0.852. The van der Waals surface area contributed by atoms with Crippen molar-refractivity contribution in [1.82, 2.24) is 5.32 Å². The molecule has 10 atom stereocenters. The van der Waals surface area contributed by atoms with Gasteiger partial charge in [0.15, 0.2) is 0 Å². The fourth-order valence-corrected chi connectivity index (χ4v) is 9.09. The van der Waals surface area contributed by atoms with E-state index >= 15 is 0 Å². The quantitative estimate of drug-likeness (QED) is 0.551. The first kappa shape index (κ1) is 20.0. The van der Waals surface area contributed by atoms with Crippen molar-refractivity contribution in [1.29, 1.82) is 0 Å². The summed E-state index contributed by atoms with van der Waals surface area (Å²) in [5.74, 6) is 3.64. The van der Waals surface area contributed by atoms with Gasteiger partial charge >= 0.3 is 0 Å². The molecule has 0 radical (unpaired) electrons. The van der Waals surface area contributed by atoms with E-state index in [1.54, 1.807) is 16.7 Å². The Morgan fingerprint density at radius 2 is 2.00 bits per heavy atom. The van der Waals surface area contributed by atoms with Crippen LogP contribution in [0.4, 0.5) is 0 Å². The molecule has 3 heteroatoms. The molecule has 2 saturated carbocycles. The number of rotatable bonds is 0. The van der Waals surface area contributed by atoms with E-state index in [0.717, 1.165) is 43.1 Å². The van der Waals surface area contributed by atoms with Crippen molar-refractivity contribution in [2.75, 3.05) is 6.54 Å². The lowest BCUT2D eigenvalue weighted by Crippen LogP contribution is -2.49. The van der Waals surface area contributed by atoms with Gasteiger partial charge in [0.25, 0.3) is 0 Å². The Bertz CT molecular complexity index is 801. The molecule has 4 fully saturated rings. The molecule has 30 heavy (non-hydrogen) atoms. The SMILES string of the molecule is CC1=C2CC3C(CC=C4C[C@@H](O)CC[C@@]43C)[C@@H]2CC[C@]12OC1CC(C)CN[C@H]1[C@H]2C. The van der Waals surface area contributed by atoms with Gasteiger partial charge in [-0.1, -0.05) is 38.0 Å². The maximum Gasteiger partial charge on any atom is 0.0937 e. The van der Waals surface area contributed by atoms with Gasteiger partial charge in [0.05, 0.1) is 17.8 Å². The lowest BCUT2D eigenvalue weighted by molar-refractivity contribution is -0.0549. The summed E-state index contributed by atoms with van der Waals surface area (Å²) < 4.78 is 7.03. The van der Waals surface area contributed by atoms with Gasteiger partial charge in [-0.15, -0.1) is 0 Å². The Morgan fingerprint density at radius 1 is 1.17 bits per heavy atom. The topological polar surface area (TPSA) is 41.5 Å². The third kappa shape index (κ3) is 2.55. The predicted molar refractivity (Wildman–Crippen MR) is 120 cm³/mol. The molecule has 3 nitrogen and oxygen atoms in total. The predicted octanol–water partition coefficient (Wildman–Crippen LogP) is 5.00. The summed E-state index contributed by atoms with van der Waals surface area (Å²) in [5, 5.41) is 14.1. The second-order valence-electron chi connectivity index (χ2n) is 12.2. The molecule has 0 aromatic heterocycles. The molecule has 1 spiro atoms. The molecule has 4 unspecified atom stereocenters. The number of nitrogens with one attached hydrogen (secondary N) is 1. The number of allylic oxidation sites excluding steroid dienone is 2. The minimum atomic E-state index is -0.111. The van der Waals surface area contributed by atoms with Crippen LogP contribution in [0.1, 0.15) is 79.1 Å². The van der Waals surface area contributed by atoms with Crippen LogP contribution in [-0.2, 0) is 4.74 Å². The van der Waals surface area contributed by atoms with Gasteiger partial charge in [-0.2, -0.15) is 0 Å². The van der Waals surface area contributed by atoms with Gasteiger partial charge in [0.1, 0.15) is 0 Å². The summed E-state index contributed by atoms with van der Waals surface area (Å²) >= 11 is 0. The molecule has 2 saturated heterocycles. The van der Waals surface area contributed by atoms with Gasteiger partial charge in [-0.25, -0.2) is 0 Å². The monoisotopic (exact) mass is 411 g/mol. The van der Waals surface area contributed by atoms with Crippen LogP contribution in [0.2, 0.25) is 0 Å². The zero-order chi connectivity index (χ0) is 20.8. The average molecular weight is 412 g/mol. The molecular formula is C27H41NO2. The Balaban J connectivity index is 1.34. The van der Waals surface area contributed by atoms with Crippen molar-refractivity contribution in [3.05, 3.63) is 22.8 Å². The van der Waals surface area contributed by atoms with Crippen LogP contribution in [0.5, 0.6) is 0 Å². The lowest BCUT2D eigenvalue weighted by atomic mass is 9.56. The summed E-state index contributed by atoms with van der Waals surface area (Å²) in [4.78, 5) is 0. The minimum Gasteiger partial charge on any atom is -0.393 e. The lowest BCUT2D eigenvalue weighted by Gasteiger charge is -2.49. The second-order valence-corrected chi connectivity index (χ2v) is 12.2. The van der Waals surface area contributed by atoms with Crippen LogP contribution in [-0.4, -0.2) is 35.5 Å².